The SMILES string of the molecule is C#CCOC1CCSSC1.CC. The van der Waals surface area contributed by atoms with Gasteiger partial charge >= 0.3 is 0 Å². The molecule has 1 saturated heterocycles. The highest BCUT2D eigenvalue weighted by Crippen LogP contribution is 2.30. The molecule has 0 bridgehead atoms. The minimum absolute atomic E-state index is 0.405. The van der Waals surface area contributed by atoms with Crippen molar-refractivity contribution in [2.45, 2.75) is 26.4 Å². The summed E-state index contributed by atoms with van der Waals surface area (Å²) in [4.78, 5) is 0. The molecule has 0 saturated carbocycles. The fraction of sp³-hybridized carbons (Fsp3) is 0.778. The van der Waals surface area contributed by atoms with E-state index >= 15 is 0 Å². The van der Waals surface area contributed by atoms with Crippen LogP contribution in [0, 0.1) is 12.3 Å². The molecule has 1 fully saturated rings. The molecule has 1 aliphatic rings. The number of rotatable bonds is 2. The Morgan fingerprint density at radius 3 is 2.75 bits per heavy atom. The van der Waals surface area contributed by atoms with Crippen LogP contribution < -0.4 is 0 Å². The summed E-state index contributed by atoms with van der Waals surface area (Å²) >= 11 is 0. The van der Waals surface area contributed by atoms with Crippen molar-refractivity contribution >= 4 is 21.6 Å². The molecule has 0 aromatic heterocycles. The Morgan fingerprint density at radius 1 is 1.50 bits per heavy atom. The van der Waals surface area contributed by atoms with Gasteiger partial charge in [-0.3, -0.25) is 0 Å². The summed E-state index contributed by atoms with van der Waals surface area (Å²) < 4.78 is 5.36. The molecule has 1 heterocycles. The third-order valence-corrected chi connectivity index (χ3v) is 3.75. The third kappa shape index (κ3) is 5.82. The summed E-state index contributed by atoms with van der Waals surface area (Å²) in [6.07, 6.45) is 6.62. The summed E-state index contributed by atoms with van der Waals surface area (Å²) in [5, 5.41) is 0. The van der Waals surface area contributed by atoms with Crippen LogP contribution in [-0.2, 0) is 4.74 Å². The number of terminal acetylenes is 1. The third-order valence-electron chi connectivity index (χ3n) is 1.26. The van der Waals surface area contributed by atoms with Gasteiger partial charge in [-0.05, 0) is 6.42 Å². The van der Waals surface area contributed by atoms with E-state index in [1.807, 2.05) is 35.4 Å². The maximum atomic E-state index is 5.36. The number of ether oxygens (including phenoxy) is 1. The molecule has 1 rings (SSSR count). The maximum Gasteiger partial charge on any atom is 0.107 e. The van der Waals surface area contributed by atoms with Crippen LogP contribution in [0.15, 0.2) is 0 Å². The van der Waals surface area contributed by atoms with Gasteiger partial charge in [0.1, 0.15) is 6.61 Å². The van der Waals surface area contributed by atoms with Crippen LogP contribution in [0.3, 0.4) is 0 Å². The van der Waals surface area contributed by atoms with E-state index in [-0.39, 0.29) is 0 Å². The summed E-state index contributed by atoms with van der Waals surface area (Å²) in [7, 11) is 3.79. The molecule has 1 atom stereocenters. The molecule has 0 amide bonds. The van der Waals surface area contributed by atoms with Crippen LogP contribution >= 0.6 is 21.6 Å². The van der Waals surface area contributed by atoms with Crippen molar-refractivity contribution in [3.63, 3.8) is 0 Å². The molecular weight excluding hydrogens is 188 g/mol. The van der Waals surface area contributed by atoms with Crippen LogP contribution in [0.25, 0.3) is 0 Å². The fourth-order valence-electron chi connectivity index (χ4n) is 0.743. The second-order valence-corrected chi connectivity index (χ2v) is 4.66. The lowest BCUT2D eigenvalue weighted by atomic mass is 10.3. The minimum atomic E-state index is 0.405. The van der Waals surface area contributed by atoms with Crippen LogP contribution in [0.1, 0.15) is 20.3 Å². The molecule has 3 heteroatoms. The first kappa shape index (κ1) is 12.2. The van der Waals surface area contributed by atoms with Gasteiger partial charge in [-0.15, -0.1) is 6.42 Å². The molecule has 70 valence electrons. The van der Waals surface area contributed by atoms with Crippen molar-refractivity contribution in [1.82, 2.24) is 0 Å². The Labute approximate surface area is 83.4 Å². The summed E-state index contributed by atoms with van der Waals surface area (Å²) in [6.45, 7) is 4.47. The first-order valence-electron chi connectivity index (χ1n) is 4.23. The van der Waals surface area contributed by atoms with Gasteiger partial charge in [0.15, 0.2) is 0 Å². The standard InChI is InChI=1S/C7H10OS2.C2H6/c1-2-4-8-7-3-5-9-10-6-7;1-2/h1,7H,3-6H2;1-2H3. The van der Waals surface area contributed by atoms with Crippen molar-refractivity contribution in [3.05, 3.63) is 0 Å². The highest BCUT2D eigenvalue weighted by atomic mass is 33.1. The Bertz CT molecular complexity index is 125. The second kappa shape index (κ2) is 9.31. The topological polar surface area (TPSA) is 9.23 Å². The second-order valence-electron chi connectivity index (χ2n) is 2.03. The van der Waals surface area contributed by atoms with Crippen LogP contribution in [0.4, 0.5) is 0 Å². The van der Waals surface area contributed by atoms with Gasteiger partial charge in [0.2, 0.25) is 0 Å². The quantitative estimate of drug-likeness (QED) is 0.505. The van der Waals surface area contributed by atoms with E-state index in [9.17, 15) is 0 Å². The van der Waals surface area contributed by atoms with E-state index in [2.05, 4.69) is 5.92 Å². The van der Waals surface area contributed by atoms with Gasteiger partial charge < -0.3 is 4.74 Å². The van der Waals surface area contributed by atoms with Gasteiger partial charge in [0, 0.05) is 11.5 Å². The van der Waals surface area contributed by atoms with E-state index in [1.165, 1.54) is 5.75 Å². The molecule has 1 nitrogen and oxygen atoms in total. The van der Waals surface area contributed by atoms with Gasteiger partial charge in [-0.1, -0.05) is 41.4 Å². The van der Waals surface area contributed by atoms with E-state index in [0.29, 0.717) is 12.7 Å². The van der Waals surface area contributed by atoms with Crippen molar-refractivity contribution < 1.29 is 4.74 Å². The monoisotopic (exact) mass is 204 g/mol. The number of hydrogen-bond donors (Lipinski definition) is 0. The zero-order chi connectivity index (χ0) is 9.23. The molecule has 12 heavy (non-hydrogen) atoms. The van der Waals surface area contributed by atoms with Gasteiger partial charge in [0.05, 0.1) is 6.10 Å². The average Bonchev–Trinajstić information content (AvgIpc) is 2.19. The Morgan fingerprint density at radius 2 is 2.25 bits per heavy atom. The first-order chi connectivity index (χ1) is 5.93. The summed E-state index contributed by atoms with van der Waals surface area (Å²) in [5.74, 6) is 4.76. The number of hydrogen-bond acceptors (Lipinski definition) is 3. The van der Waals surface area contributed by atoms with Gasteiger partial charge in [-0.25, -0.2) is 0 Å². The molecule has 0 aromatic carbocycles. The molecule has 0 spiro atoms. The normalized spacial score (nSPS) is 21.9. The first-order valence-corrected chi connectivity index (χ1v) is 6.72. The van der Waals surface area contributed by atoms with Crippen molar-refractivity contribution in [1.29, 1.82) is 0 Å². The Hall–Kier alpha value is 0.220. The molecule has 0 aliphatic carbocycles. The van der Waals surface area contributed by atoms with Crippen LogP contribution in [0.2, 0.25) is 0 Å². The van der Waals surface area contributed by atoms with E-state index in [0.717, 1.165) is 12.2 Å². The van der Waals surface area contributed by atoms with E-state index < -0.39 is 0 Å². The zero-order valence-electron chi connectivity index (χ0n) is 7.71. The van der Waals surface area contributed by atoms with E-state index in [1.54, 1.807) is 0 Å². The van der Waals surface area contributed by atoms with Crippen molar-refractivity contribution in [3.8, 4) is 12.3 Å². The molecule has 1 unspecified atom stereocenters. The average molecular weight is 204 g/mol. The molecular formula is C9H16OS2. The van der Waals surface area contributed by atoms with Gasteiger partial charge in [0.25, 0.3) is 0 Å². The molecule has 0 N–H and O–H groups in total. The Balaban J connectivity index is 0.000000561. The summed E-state index contributed by atoms with van der Waals surface area (Å²) in [5.41, 5.74) is 0. The lowest BCUT2D eigenvalue weighted by molar-refractivity contribution is 0.0936. The van der Waals surface area contributed by atoms with Crippen molar-refractivity contribution in [2.24, 2.45) is 0 Å². The maximum absolute atomic E-state index is 5.36. The lowest BCUT2D eigenvalue weighted by Crippen LogP contribution is -2.19. The minimum Gasteiger partial charge on any atom is -0.365 e. The van der Waals surface area contributed by atoms with Gasteiger partial charge in [-0.2, -0.15) is 0 Å². The van der Waals surface area contributed by atoms with Crippen LogP contribution in [0.5, 0.6) is 0 Å². The summed E-state index contributed by atoms with van der Waals surface area (Å²) in [6, 6.07) is 0. The van der Waals surface area contributed by atoms with Crippen molar-refractivity contribution in [2.75, 3.05) is 18.1 Å². The van der Waals surface area contributed by atoms with Crippen LogP contribution in [-0.4, -0.2) is 24.2 Å². The molecule has 1 aliphatic heterocycles. The lowest BCUT2D eigenvalue weighted by Gasteiger charge is -2.19. The predicted molar refractivity (Wildman–Crippen MR) is 59.5 cm³/mol. The smallest absolute Gasteiger partial charge is 0.107 e. The molecule has 0 radical (unpaired) electrons. The van der Waals surface area contributed by atoms with E-state index in [4.69, 9.17) is 11.2 Å². The fourth-order valence-corrected chi connectivity index (χ4v) is 3.12. The molecule has 0 aromatic rings. The largest absolute Gasteiger partial charge is 0.365 e. The Kier molecular flexibility index (Phi) is 9.48. The zero-order valence-corrected chi connectivity index (χ0v) is 9.34. The highest BCUT2D eigenvalue weighted by molar-refractivity contribution is 8.76. The predicted octanol–water partition coefficient (Wildman–Crippen LogP) is 2.82. The highest BCUT2D eigenvalue weighted by Gasteiger charge is 2.13.